The molecular formula is C19H15Cl2F3N2O. The lowest BCUT2D eigenvalue weighted by atomic mass is 10.1. The van der Waals surface area contributed by atoms with Gasteiger partial charge in [-0.05, 0) is 55.0 Å². The summed E-state index contributed by atoms with van der Waals surface area (Å²) in [5.74, 6) is 0.372. The van der Waals surface area contributed by atoms with Crippen molar-refractivity contribution in [1.29, 1.82) is 0 Å². The second-order valence-electron chi connectivity index (χ2n) is 5.92. The predicted octanol–water partition coefficient (Wildman–Crippen LogP) is 6.49. The molecule has 0 fully saturated rings. The number of hydrogen-bond donors (Lipinski definition) is 0. The number of ether oxygens (including phenoxy) is 1. The molecule has 0 saturated carbocycles. The molecular weight excluding hydrogens is 400 g/mol. The maximum absolute atomic E-state index is 12.2. The third kappa shape index (κ3) is 4.76. The Kier molecular flexibility index (Phi) is 5.67. The molecule has 3 rings (SSSR count). The Morgan fingerprint density at radius 3 is 2.41 bits per heavy atom. The SMILES string of the molecule is Cc1cnn(-c2ccc(Cl)cc2Cl)c1-c1ccc(OCCC(F)(F)F)cc1. The van der Waals surface area contributed by atoms with E-state index in [0.29, 0.717) is 21.5 Å². The summed E-state index contributed by atoms with van der Waals surface area (Å²) in [6.45, 7) is 1.50. The fourth-order valence-corrected chi connectivity index (χ4v) is 3.10. The van der Waals surface area contributed by atoms with Crippen molar-refractivity contribution >= 4 is 23.2 Å². The molecule has 0 radical (unpaired) electrons. The first-order valence-electron chi connectivity index (χ1n) is 8.04. The molecule has 0 aliphatic carbocycles. The van der Waals surface area contributed by atoms with Crippen LogP contribution < -0.4 is 4.74 Å². The molecule has 0 aliphatic heterocycles. The first-order chi connectivity index (χ1) is 12.7. The fourth-order valence-electron chi connectivity index (χ4n) is 2.61. The number of benzene rings is 2. The zero-order chi connectivity index (χ0) is 19.6. The normalized spacial score (nSPS) is 11.6. The Balaban J connectivity index is 1.86. The van der Waals surface area contributed by atoms with Crippen LogP contribution in [-0.2, 0) is 0 Å². The van der Waals surface area contributed by atoms with Crippen LogP contribution in [0.15, 0.2) is 48.7 Å². The highest BCUT2D eigenvalue weighted by molar-refractivity contribution is 6.35. The van der Waals surface area contributed by atoms with E-state index in [-0.39, 0.29) is 0 Å². The van der Waals surface area contributed by atoms with Gasteiger partial charge in [-0.25, -0.2) is 4.68 Å². The average Bonchev–Trinajstić information content (AvgIpc) is 2.96. The molecule has 1 aromatic heterocycles. The van der Waals surface area contributed by atoms with Gasteiger partial charge >= 0.3 is 6.18 Å². The quantitative estimate of drug-likeness (QED) is 0.477. The first kappa shape index (κ1) is 19.6. The van der Waals surface area contributed by atoms with Crippen LogP contribution in [0.1, 0.15) is 12.0 Å². The number of nitrogens with zero attached hydrogens (tertiary/aromatic N) is 2. The fraction of sp³-hybridized carbons (Fsp3) is 0.211. The highest BCUT2D eigenvalue weighted by Crippen LogP contribution is 2.31. The van der Waals surface area contributed by atoms with E-state index < -0.39 is 19.2 Å². The summed E-state index contributed by atoms with van der Waals surface area (Å²) in [4.78, 5) is 0. The number of halogens is 5. The van der Waals surface area contributed by atoms with E-state index in [1.54, 1.807) is 53.3 Å². The second-order valence-corrected chi connectivity index (χ2v) is 6.77. The number of aromatic nitrogens is 2. The largest absolute Gasteiger partial charge is 0.493 e. The van der Waals surface area contributed by atoms with E-state index in [2.05, 4.69) is 5.10 Å². The molecule has 0 saturated heterocycles. The molecule has 1 heterocycles. The van der Waals surface area contributed by atoms with Gasteiger partial charge in [0.25, 0.3) is 0 Å². The third-order valence-electron chi connectivity index (χ3n) is 3.87. The summed E-state index contributed by atoms with van der Waals surface area (Å²) >= 11 is 12.3. The van der Waals surface area contributed by atoms with Crippen LogP contribution in [0, 0.1) is 6.92 Å². The monoisotopic (exact) mass is 414 g/mol. The highest BCUT2D eigenvalue weighted by Gasteiger charge is 2.26. The van der Waals surface area contributed by atoms with Crippen molar-refractivity contribution < 1.29 is 17.9 Å². The van der Waals surface area contributed by atoms with E-state index in [9.17, 15) is 13.2 Å². The molecule has 8 heteroatoms. The minimum Gasteiger partial charge on any atom is -0.493 e. The maximum atomic E-state index is 12.2. The van der Waals surface area contributed by atoms with Crippen molar-refractivity contribution in [3.63, 3.8) is 0 Å². The molecule has 0 spiro atoms. The van der Waals surface area contributed by atoms with Gasteiger partial charge in [-0.15, -0.1) is 0 Å². The summed E-state index contributed by atoms with van der Waals surface area (Å²) in [6.07, 6.45) is -3.51. The van der Waals surface area contributed by atoms with Gasteiger partial charge < -0.3 is 4.74 Å². The average molecular weight is 415 g/mol. The second kappa shape index (κ2) is 7.82. The molecule has 142 valence electrons. The van der Waals surface area contributed by atoms with Crippen molar-refractivity contribution in [2.75, 3.05) is 6.61 Å². The van der Waals surface area contributed by atoms with E-state index >= 15 is 0 Å². The summed E-state index contributed by atoms with van der Waals surface area (Å²) in [6, 6.07) is 11.9. The summed E-state index contributed by atoms with van der Waals surface area (Å²) in [7, 11) is 0. The maximum Gasteiger partial charge on any atom is 0.392 e. The van der Waals surface area contributed by atoms with Crippen molar-refractivity contribution in [2.24, 2.45) is 0 Å². The van der Waals surface area contributed by atoms with Gasteiger partial charge in [0.2, 0.25) is 0 Å². The molecule has 3 nitrogen and oxygen atoms in total. The molecule has 3 aromatic rings. The van der Waals surface area contributed by atoms with Crippen LogP contribution in [0.5, 0.6) is 5.75 Å². The smallest absolute Gasteiger partial charge is 0.392 e. The standard InChI is InChI=1S/C19H15Cl2F3N2O/c1-12-11-25-26(17-7-4-14(20)10-16(17)21)18(12)13-2-5-15(6-3-13)27-9-8-19(22,23)24/h2-7,10-11H,8-9H2,1H3. The predicted molar refractivity (Wildman–Crippen MR) is 99.9 cm³/mol. The summed E-state index contributed by atoms with van der Waals surface area (Å²) in [5, 5.41) is 5.36. The first-order valence-corrected chi connectivity index (χ1v) is 8.80. The zero-order valence-electron chi connectivity index (χ0n) is 14.2. The van der Waals surface area contributed by atoms with Crippen molar-refractivity contribution in [3.05, 3.63) is 64.3 Å². The van der Waals surface area contributed by atoms with Crippen LogP contribution >= 0.6 is 23.2 Å². The Hall–Kier alpha value is -2.18. The Morgan fingerprint density at radius 2 is 1.78 bits per heavy atom. The van der Waals surface area contributed by atoms with Crippen molar-refractivity contribution in [3.8, 4) is 22.7 Å². The van der Waals surface area contributed by atoms with Gasteiger partial charge in [-0.1, -0.05) is 23.2 Å². The lowest BCUT2D eigenvalue weighted by molar-refractivity contribution is -0.139. The Bertz CT molecular complexity index is 937. The van der Waals surface area contributed by atoms with Crippen LogP contribution in [-0.4, -0.2) is 22.6 Å². The molecule has 2 aromatic carbocycles. The number of hydrogen-bond acceptors (Lipinski definition) is 2. The molecule has 0 N–H and O–H groups in total. The Labute approximate surface area is 164 Å². The van der Waals surface area contributed by atoms with Crippen molar-refractivity contribution in [2.45, 2.75) is 19.5 Å². The van der Waals surface area contributed by atoms with Gasteiger partial charge in [0.1, 0.15) is 5.75 Å². The topological polar surface area (TPSA) is 27.1 Å². The van der Waals surface area contributed by atoms with Gasteiger partial charge in [0.15, 0.2) is 0 Å². The highest BCUT2D eigenvalue weighted by atomic mass is 35.5. The molecule has 0 atom stereocenters. The third-order valence-corrected chi connectivity index (χ3v) is 4.41. The molecule has 27 heavy (non-hydrogen) atoms. The van der Waals surface area contributed by atoms with Gasteiger partial charge in [0, 0.05) is 10.6 Å². The zero-order valence-corrected chi connectivity index (χ0v) is 15.7. The number of rotatable bonds is 5. The number of aryl methyl sites for hydroxylation is 1. The van der Waals surface area contributed by atoms with E-state index in [0.717, 1.165) is 16.8 Å². The molecule has 0 amide bonds. The molecule has 0 bridgehead atoms. The minimum atomic E-state index is -4.23. The van der Waals surface area contributed by atoms with E-state index in [1.807, 2.05) is 6.92 Å². The lowest BCUT2D eigenvalue weighted by Crippen LogP contribution is -2.12. The van der Waals surface area contributed by atoms with Gasteiger partial charge in [-0.2, -0.15) is 18.3 Å². The number of alkyl halides is 3. The van der Waals surface area contributed by atoms with Crippen LogP contribution in [0.25, 0.3) is 16.9 Å². The van der Waals surface area contributed by atoms with Crippen LogP contribution in [0.2, 0.25) is 10.0 Å². The molecule has 0 aliphatic rings. The summed E-state index contributed by atoms with van der Waals surface area (Å²) in [5.41, 5.74) is 3.25. The van der Waals surface area contributed by atoms with Crippen molar-refractivity contribution in [1.82, 2.24) is 9.78 Å². The van der Waals surface area contributed by atoms with E-state index in [1.165, 1.54) is 0 Å². The minimum absolute atomic E-state index is 0.372. The summed E-state index contributed by atoms with van der Waals surface area (Å²) < 4.78 is 43.5. The van der Waals surface area contributed by atoms with Gasteiger partial charge in [-0.3, -0.25) is 0 Å². The lowest BCUT2D eigenvalue weighted by Gasteiger charge is -2.12. The van der Waals surface area contributed by atoms with Gasteiger partial charge in [0.05, 0.1) is 35.6 Å². The van der Waals surface area contributed by atoms with Crippen LogP contribution in [0.3, 0.4) is 0 Å². The Morgan fingerprint density at radius 1 is 1.07 bits per heavy atom. The molecule has 0 unspecified atom stereocenters. The van der Waals surface area contributed by atoms with E-state index in [4.69, 9.17) is 27.9 Å². The van der Waals surface area contributed by atoms with Crippen LogP contribution in [0.4, 0.5) is 13.2 Å².